The predicted molar refractivity (Wildman–Crippen MR) is 106 cm³/mol. The van der Waals surface area contributed by atoms with Crippen molar-refractivity contribution in [3.05, 3.63) is 69.0 Å². The predicted octanol–water partition coefficient (Wildman–Crippen LogP) is 0.893. The second-order valence-electron chi connectivity index (χ2n) is 6.15. The first-order valence-electron chi connectivity index (χ1n) is 8.42. The van der Waals surface area contributed by atoms with Gasteiger partial charge in [-0.1, -0.05) is 52.9 Å². The Morgan fingerprint density at radius 3 is 2.63 bits per heavy atom. The normalized spacial score (nSPS) is 25.0. The van der Waals surface area contributed by atoms with Gasteiger partial charge in [-0.15, -0.1) is 0 Å². The summed E-state index contributed by atoms with van der Waals surface area (Å²) in [6.45, 7) is 0.0912. The molecule has 1 aliphatic heterocycles. The van der Waals surface area contributed by atoms with Crippen LogP contribution < -0.4 is 11.2 Å². The summed E-state index contributed by atoms with van der Waals surface area (Å²) in [5, 5.41) is 10.3. The van der Waals surface area contributed by atoms with Crippen LogP contribution in [-0.2, 0) is 27.5 Å². The lowest BCUT2D eigenvalue weighted by Crippen LogP contribution is -2.43. The van der Waals surface area contributed by atoms with Crippen molar-refractivity contribution in [1.29, 1.82) is 0 Å². The first kappa shape index (κ1) is 20.2. The third-order valence-electron chi connectivity index (χ3n) is 4.44. The van der Waals surface area contributed by atoms with Crippen LogP contribution in [0.15, 0.2) is 52.2 Å². The molecule has 2 heterocycles. The summed E-state index contributed by atoms with van der Waals surface area (Å²) < 4.78 is 19.4. The fourth-order valence-electron chi connectivity index (χ4n) is 3.00. The SMILES string of the molecule is CO[C@H]1C(O)[C@@H](CI)O[C@H]1n1ccc(=O)n(COCc2ccccc2)c1=O. The summed E-state index contributed by atoms with van der Waals surface area (Å²) in [6.07, 6.45) is -1.49. The van der Waals surface area contributed by atoms with Crippen molar-refractivity contribution < 1.29 is 19.3 Å². The second kappa shape index (κ2) is 9.11. The first-order chi connectivity index (χ1) is 13.1. The first-order valence-corrected chi connectivity index (χ1v) is 9.95. The summed E-state index contributed by atoms with van der Waals surface area (Å²) in [5.41, 5.74) is -0.112. The molecule has 0 amide bonds. The van der Waals surface area contributed by atoms with Crippen molar-refractivity contribution in [2.45, 2.75) is 37.9 Å². The smallest absolute Gasteiger partial charge is 0.335 e. The summed E-state index contributed by atoms with van der Waals surface area (Å²) in [6, 6.07) is 10.7. The minimum Gasteiger partial charge on any atom is -0.387 e. The monoisotopic (exact) mass is 488 g/mol. The minimum absolute atomic E-state index is 0.184. The molecular weight excluding hydrogens is 467 g/mol. The van der Waals surface area contributed by atoms with Gasteiger partial charge in [-0.2, -0.15) is 0 Å². The van der Waals surface area contributed by atoms with E-state index in [2.05, 4.69) is 22.6 Å². The molecule has 0 radical (unpaired) electrons. The Morgan fingerprint density at radius 2 is 1.96 bits per heavy atom. The largest absolute Gasteiger partial charge is 0.387 e. The number of methoxy groups -OCH3 is 1. The number of aliphatic hydroxyl groups is 1. The van der Waals surface area contributed by atoms with E-state index in [0.29, 0.717) is 4.43 Å². The molecule has 27 heavy (non-hydrogen) atoms. The zero-order valence-electron chi connectivity index (χ0n) is 14.7. The van der Waals surface area contributed by atoms with E-state index in [9.17, 15) is 14.7 Å². The van der Waals surface area contributed by atoms with E-state index in [4.69, 9.17) is 14.2 Å². The van der Waals surface area contributed by atoms with Gasteiger partial charge in [0.05, 0.1) is 12.7 Å². The Balaban J connectivity index is 1.81. The number of benzene rings is 1. The van der Waals surface area contributed by atoms with Crippen LogP contribution in [0, 0.1) is 0 Å². The molecule has 1 aromatic heterocycles. The standard InChI is InChI=1S/C18H21IN2O6/c1-25-16-15(23)13(9-19)27-17(16)20-8-7-14(22)21(18(20)24)11-26-10-12-5-3-2-4-6-12/h2-8,13,15-17,23H,9-11H2,1H3/t13-,15?,16+,17-/m1/s1. The Hall–Kier alpha value is -1.53. The van der Waals surface area contributed by atoms with Crippen molar-refractivity contribution in [1.82, 2.24) is 9.13 Å². The highest BCUT2D eigenvalue weighted by atomic mass is 127. The van der Waals surface area contributed by atoms with Gasteiger partial charge in [0.2, 0.25) is 0 Å². The number of aromatic nitrogens is 2. The Labute approximate surface area is 169 Å². The molecule has 4 atom stereocenters. The van der Waals surface area contributed by atoms with Gasteiger partial charge >= 0.3 is 5.69 Å². The molecule has 0 bridgehead atoms. The number of halogens is 1. The zero-order valence-corrected chi connectivity index (χ0v) is 16.9. The third kappa shape index (κ3) is 4.32. The molecular formula is C18H21IN2O6. The average Bonchev–Trinajstić information content (AvgIpc) is 3.00. The van der Waals surface area contributed by atoms with Crippen LogP contribution in [0.3, 0.4) is 0 Å². The van der Waals surface area contributed by atoms with Crippen LogP contribution >= 0.6 is 22.6 Å². The van der Waals surface area contributed by atoms with E-state index < -0.39 is 35.8 Å². The molecule has 1 N–H and O–H groups in total. The van der Waals surface area contributed by atoms with Crippen molar-refractivity contribution >= 4 is 22.6 Å². The van der Waals surface area contributed by atoms with Crippen LogP contribution in [0.2, 0.25) is 0 Å². The number of hydrogen-bond acceptors (Lipinski definition) is 6. The summed E-state index contributed by atoms with van der Waals surface area (Å²) in [7, 11) is 1.45. The minimum atomic E-state index is -0.862. The number of rotatable bonds is 7. The van der Waals surface area contributed by atoms with Crippen molar-refractivity contribution in [3.8, 4) is 0 Å². The third-order valence-corrected chi connectivity index (χ3v) is 5.31. The van der Waals surface area contributed by atoms with E-state index in [1.165, 1.54) is 23.9 Å². The molecule has 0 saturated carbocycles. The Kier molecular flexibility index (Phi) is 6.82. The maximum Gasteiger partial charge on any atom is 0.335 e. The molecule has 8 nitrogen and oxygen atoms in total. The molecule has 146 valence electrons. The van der Waals surface area contributed by atoms with Crippen LogP contribution in [0.5, 0.6) is 0 Å². The lowest BCUT2D eigenvalue weighted by molar-refractivity contribution is -0.0527. The zero-order chi connectivity index (χ0) is 19.4. The van der Waals surface area contributed by atoms with Gasteiger partial charge < -0.3 is 19.3 Å². The lowest BCUT2D eigenvalue weighted by atomic mass is 10.1. The number of aliphatic hydroxyl groups excluding tert-OH is 1. The molecule has 9 heteroatoms. The van der Waals surface area contributed by atoms with Gasteiger partial charge in [-0.25, -0.2) is 9.36 Å². The lowest BCUT2D eigenvalue weighted by Gasteiger charge is -2.21. The van der Waals surface area contributed by atoms with Gasteiger partial charge in [-0.05, 0) is 5.56 Å². The second-order valence-corrected chi connectivity index (χ2v) is 7.03. The Morgan fingerprint density at radius 1 is 1.22 bits per heavy atom. The molecule has 1 aliphatic rings. The van der Waals surface area contributed by atoms with E-state index in [0.717, 1.165) is 10.1 Å². The van der Waals surface area contributed by atoms with E-state index >= 15 is 0 Å². The van der Waals surface area contributed by atoms with Crippen LogP contribution in [0.4, 0.5) is 0 Å². The highest BCUT2D eigenvalue weighted by molar-refractivity contribution is 14.1. The molecule has 1 fully saturated rings. The van der Waals surface area contributed by atoms with Crippen molar-refractivity contribution in [2.24, 2.45) is 0 Å². The molecule has 2 aromatic rings. The van der Waals surface area contributed by atoms with E-state index in [1.807, 2.05) is 30.3 Å². The quantitative estimate of drug-likeness (QED) is 0.460. The number of nitrogens with zero attached hydrogens (tertiary/aromatic N) is 2. The fraction of sp³-hybridized carbons (Fsp3) is 0.444. The number of ether oxygens (including phenoxy) is 3. The average molecular weight is 488 g/mol. The fourth-order valence-corrected chi connectivity index (χ4v) is 3.73. The van der Waals surface area contributed by atoms with E-state index in [1.54, 1.807) is 0 Å². The number of hydrogen-bond donors (Lipinski definition) is 1. The van der Waals surface area contributed by atoms with Crippen LogP contribution in [0.1, 0.15) is 11.8 Å². The van der Waals surface area contributed by atoms with E-state index in [-0.39, 0.29) is 13.3 Å². The molecule has 1 saturated heterocycles. The summed E-state index contributed by atoms with van der Waals surface area (Å²) in [5.74, 6) is 0. The number of alkyl halides is 1. The highest BCUT2D eigenvalue weighted by Gasteiger charge is 2.45. The van der Waals surface area contributed by atoms with Crippen LogP contribution in [0.25, 0.3) is 0 Å². The van der Waals surface area contributed by atoms with Gasteiger partial charge in [0.25, 0.3) is 5.56 Å². The molecule has 1 unspecified atom stereocenters. The molecule has 0 spiro atoms. The van der Waals surface area contributed by atoms with Gasteiger partial charge in [-0.3, -0.25) is 9.36 Å². The van der Waals surface area contributed by atoms with Gasteiger partial charge in [0.15, 0.2) is 6.23 Å². The summed E-state index contributed by atoms with van der Waals surface area (Å²) in [4.78, 5) is 24.9. The van der Waals surface area contributed by atoms with Gasteiger partial charge in [0, 0.05) is 23.8 Å². The maximum absolute atomic E-state index is 12.8. The molecule has 0 aliphatic carbocycles. The highest BCUT2D eigenvalue weighted by Crippen LogP contribution is 2.31. The van der Waals surface area contributed by atoms with Crippen molar-refractivity contribution in [2.75, 3.05) is 11.5 Å². The van der Waals surface area contributed by atoms with Crippen LogP contribution in [-0.4, -0.2) is 44.1 Å². The topological polar surface area (TPSA) is 91.9 Å². The van der Waals surface area contributed by atoms with Gasteiger partial charge in [0.1, 0.15) is 18.9 Å². The molecule has 3 rings (SSSR count). The summed E-state index contributed by atoms with van der Waals surface area (Å²) >= 11 is 2.10. The maximum atomic E-state index is 12.8. The van der Waals surface area contributed by atoms with Crippen molar-refractivity contribution in [3.63, 3.8) is 0 Å². The Bertz CT molecular complexity index is 868. The molecule has 1 aromatic carbocycles.